The van der Waals surface area contributed by atoms with E-state index in [4.69, 9.17) is 14.7 Å². The number of benzene rings is 2. The van der Waals surface area contributed by atoms with Gasteiger partial charge in [-0.2, -0.15) is 5.26 Å². The smallest absolute Gasteiger partial charge is 0.147 e. The van der Waals surface area contributed by atoms with E-state index >= 15 is 0 Å². The van der Waals surface area contributed by atoms with Crippen LogP contribution < -0.4 is 14.8 Å². The summed E-state index contributed by atoms with van der Waals surface area (Å²) in [6.45, 7) is 0. The molecule has 0 saturated carbocycles. The van der Waals surface area contributed by atoms with Crippen molar-refractivity contribution < 1.29 is 13.9 Å². The molecule has 0 aliphatic rings. The first kappa shape index (κ1) is 13.7. The predicted octanol–water partition coefficient (Wildman–Crippen LogP) is 3.46. The lowest BCUT2D eigenvalue weighted by Gasteiger charge is -2.13. The van der Waals surface area contributed by atoms with Crippen molar-refractivity contribution in [3.05, 3.63) is 47.8 Å². The maximum atomic E-state index is 13.8. The molecule has 0 saturated heterocycles. The molecular formula is C15H13FN2O2. The molecule has 0 aliphatic carbocycles. The number of nitrogens with zero attached hydrogens (tertiary/aromatic N) is 1. The minimum Gasteiger partial charge on any atom is -0.497 e. The lowest BCUT2D eigenvalue weighted by molar-refractivity contribution is 0.395. The molecule has 0 fully saturated rings. The van der Waals surface area contributed by atoms with E-state index in [1.807, 2.05) is 6.07 Å². The van der Waals surface area contributed by atoms with Gasteiger partial charge < -0.3 is 14.8 Å². The van der Waals surface area contributed by atoms with E-state index in [0.717, 1.165) is 0 Å². The van der Waals surface area contributed by atoms with Crippen LogP contribution in [0.2, 0.25) is 0 Å². The molecule has 0 atom stereocenters. The summed E-state index contributed by atoms with van der Waals surface area (Å²) in [4.78, 5) is 0. The predicted molar refractivity (Wildman–Crippen MR) is 73.9 cm³/mol. The zero-order valence-corrected chi connectivity index (χ0v) is 11.1. The first-order valence-electron chi connectivity index (χ1n) is 5.86. The summed E-state index contributed by atoms with van der Waals surface area (Å²) >= 11 is 0. The average Bonchev–Trinajstić information content (AvgIpc) is 2.49. The van der Waals surface area contributed by atoms with Gasteiger partial charge in [-0.05, 0) is 30.3 Å². The Morgan fingerprint density at radius 2 is 1.80 bits per heavy atom. The Kier molecular flexibility index (Phi) is 4.06. The summed E-state index contributed by atoms with van der Waals surface area (Å²) in [6, 6.07) is 11.3. The third-order valence-corrected chi connectivity index (χ3v) is 2.78. The highest BCUT2D eigenvalue weighted by Crippen LogP contribution is 2.32. The van der Waals surface area contributed by atoms with E-state index in [0.29, 0.717) is 17.2 Å². The Morgan fingerprint density at radius 1 is 1.05 bits per heavy atom. The Balaban J connectivity index is 2.32. The van der Waals surface area contributed by atoms with E-state index in [1.54, 1.807) is 31.4 Å². The van der Waals surface area contributed by atoms with Crippen molar-refractivity contribution in [2.75, 3.05) is 19.5 Å². The summed E-state index contributed by atoms with van der Waals surface area (Å²) in [5.41, 5.74) is 1.15. The zero-order valence-electron chi connectivity index (χ0n) is 11.1. The van der Waals surface area contributed by atoms with Crippen LogP contribution in [0.5, 0.6) is 11.5 Å². The fourth-order valence-corrected chi connectivity index (χ4v) is 1.73. The topological polar surface area (TPSA) is 54.3 Å². The number of anilines is 2. The molecule has 4 nitrogen and oxygen atoms in total. The number of nitrogens with one attached hydrogen (secondary N) is 1. The van der Waals surface area contributed by atoms with Gasteiger partial charge in [-0.15, -0.1) is 0 Å². The van der Waals surface area contributed by atoms with Crippen molar-refractivity contribution in [2.45, 2.75) is 0 Å². The maximum Gasteiger partial charge on any atom is 0.147 e. The lowest BCUT2D eigenvalue weighted by Crippen LogP contribution is -1.98. The van der Waals surface area contributed by atoms with Gasteiger partial charge in [-0.25, -0.2) is 4.39 Å². The third-order valence-electron chi connectivity index (χ3n) is 2.78. The number of ether oxygens (including phenoxy) is 2. The summed E-state index contributed by atoms with van der Waals surface area (Å²) < 4.78 is 24.2. The molecule has 0 amide bonds. The molecule has 2 aromatic carbocycles. The number of hydrogen-bond acceptors (Lipinski definition) is 4. The minimum absolute atomic E-state index is 0.271. The van der Waals surface area contributed by atoms with Gasteiger partial charge in [0, 0.05) is 6.07 Å². The largest absolute Gasteiger partial charge is 0.497 e. The molecule has 102 valence electrons. The van der Waals surface area contributed by atoms with Crippen molar-refractivity contribution in [3.63, 3.8) is 0 Å². The van der Waals surface area contributed by atoms with E-state index in [1.165, 1.54) is 19.2 Å². The maximum absolute atomic E-state index is 13.8. The van der Waals surface area contributed by atoms with Crippen molar-refractivity contribution in [3.8, 4) is 17.6 Å². The van der Waals surface area contributed by atoms with Gasteiger partial charge >= 0.3 is 0 Å². The Bertz CT molecular complexity index is 665. The van der Waals surface area contributed by atoms with Crippen molar-refractivity contribution in [1.29, 1.82) is 5.26 Å². The quantitative estimate of drug-likeness (QED) is 0.926. The molecule has 2 rings (SSSR count). The molecule has 0 radical (unpaired) electrons. The summed E-state index contributed by atoms with van der Waals surface area (Å²) in [5, 5.41) is 11.6. The molecule has 0 unspecified atom stereocenters. The van der Waals surface area contributed by atoms with Crippen LogP contribution in [0.15, 0.2) is 36.4 Å². The summed E-state index contributed by atoms with van der Waals surface area (Å²) in [7, 11) is 3.08. The summed E-state index contributed by atoms with van der Waals surface area (Å²) in [5.74, 6) is 0.683. The molecule has 0 heterocycles. The highest BCUT2D eigenvalue weighted by molar-refractivity contribution is 5.68. The van der Waals surface area contributed by atoms with E-state index in [-0.39, 0.29) is 11.3 Å². The van der Waals surface area contributed by atoms with Crippen LogP contribution in [0.4, 0.5) is 15.8 Å². The van der Waals surface area contributed by atoms with Crippen LogP contribution in [0, 0.1) is 17.1 Å². The van der Waals surface area contributed by atoms with Crippen LogP contribution in [-0.2, 0) is 0 Å². The molecule has 0 spiro atoms. The number of halogens is 1. The third kappa shape index (κ3) is 2.81. The van der Waals surface area contributed by atoms with E-state index in [2.05, 4.69) is 5.32 Å². The average molecular weight is 272 g/mol. The number of hydrogen-bond donors (Lipinski definition) is 1. The fourth-order valence-electron chi connectivity index (χ4n) is 1.73. The number of methoxy groups -OCH3 is 2. The number of nitriles is 1. The van der Waals surface area contributed by atoms with Gasteiger partial charge in [0.2, 0.25) is 0 Å². The van der Waals surface area contributed by atoms with Crippen LogP contribution in [0.25, 0.3) is 0 Å². The molecule has 1 N–H and O–H groups in total. The first-order valence-corrected chi connectivity index (χ1v) is 5.86. The standard InChI is InChI=1S/C15H13FN2O2/c1-19-11-4-6-14(15(8-11)20-2)18-13-5-3-10(9-17)7-12(13)16/h3-8,18H,1-2H3. The summed E-state index contributed by atoms with van der Waals surface area (Å²) in [6.07, 6.45) is 0. The van der Waals surface area contributed by atoms with Crippen LogP contribution in [0.1, 0.15) is 5.56 Å². The molecule has 0 aliphatic heterocycles. The molecule has 2 aromatic rings. The second-order valence-electron chi connectivity index (χ2n) is 4.00. The number of rotatable bonds is 4. The zero-order chi connectivity index (χ0) is 14.5. The van der Waals surface area contributed by atoms with E-state index in [9.17, 15) is 4.39 Å². The molecule has 5 heteroatoms. The monoisotopic (exact) mass is 272 g/mol. The lowest BCUT2D eigenvalue weighted by atomic mass is 10.2. The second-order valence-corrected chi connectivity index (χ2v) is 4.00. The molecule has 0 aromatic heterocycles. The van der Waals surface area contributed by atoms with Gasteiger partial charge in [0.15, 0.2) is 0 Å². The fraction of sp³-hybridized carbons (Fsp3) is 0.133. The van der Waals surface area contributed by atoms with E-state index < -0.39 is 5.82 Å². The Morgan fingerprint density at radius 3 is 2.40 bits per heavy atom. The molecular weight excluding hydrogens is 259 g/mol. The van der Waals surface area contributed by atoms with Gasteiger partial charge in [0.1, 0.15) is 17.3 Å². The molecule has 0 bridgehead atoms. The van der Waals surface area contributed by atoms with Gasteiger partial charge in [-0.3, -0.25) is 0 Å². The minimum atomic E-state index is -0.498. The van der Waals surface area contributed by atoms with Crippen LogP contribution >= 0.6 is 0 Å². The van der Waals surface area contributed by atoms with Gasteiger partial charge in [0.05, 0.1) is 37.2 Å². The first-order chi connectivity index (χ1) is 9.67. The second kappa shape index (κ2) is 5.93. The van der Waals surface area contributed by atoms with Gasteiger partial charge in [0.25, 0.3) is 0 Å². The van der Waals surface area contributed by atoms with Gasteiger partial charge in [-0.1, -0.05) is 0 Å². The Hall–Kier alpha value is -2.74. The SMILES string of the molecule is COc1ccc(Nc2ccc(C#N)cc2F)c(OC)c1. The highest BCUT2D eigenvalue weighted by atomic mass is 19.1. The van der Waals surface area contributed by atoms with Crippen molar-refractivity contribution >= 4 is 11.4 Å². The Labute approximate surface area is 116 Å². The highest BCUT2D eigenvalue weighted by Gasteiger charge is 2.08. The van der Waals surface area contributed by atoms with Crippen molar-refractivity contribution in [1.82, 2.24) is 0 Å². The van der Waals surface area contributed by atoms with Crippen LogP contribution in [0.3, 0.4) is 0 Å². The van der Waals surface area contributed by atoms with Crippen LogP contribution in [-0.4, -0.2) is 14.2 Å². The molecule has 20 heavy (non-hydrogen) atoms. The normalized spacial score (nSPS) is 9.70. The van der Waals surface area contributed by atoms with Crippen molar-refractivity contribution in [2.24, 2.45) is 0 Å².